The average Bonchev–Trinajstić information content (AvgIpc) is 2.57. The summed E-state index contributed by atoms with van der Waals surface area (Å²) in [6, 6.07) is 11.3. The number of amides is 1. The molecule has 0 atom stereocenters. The molecule has 0 bridgehead atoms. The molecule has 0 heterocycles. The van der Waals surface area contributed by atoms with E-state index in [1.807, 2.05) is 0 Å². The highest BCUT2D eigenvalue weighted by Crippen LogP contribution is 2.25. The third-order valence-electron chi connectivity index (χ3n) is 3.35. The van der Waals surface area contributed by atoms with Crippen molar-refractivity contribution < 1.29 is 13.2 Å². The van der Waals surface area contributed by atoms with E-state index in [4.69, 9.17) is 23.2 Å². The highest BCUT2D eigenvalue weighted by Gasteiger charge is 2.11. The Morgan fingerprint density at radius 1 is 1.04 bits per heavy atom. The van der Waals surface area contributed by atoms with Crippen molar-refractivity contribution in [2.24, 2.45) is 0 Å². The SMILES string of the molecule is CNS(=O)(=O)c1ccc(CCC(=O)Nc2ccc(Cl)c(Cl)c2)cc1. The molecule has 128 valence electrons. The van der Waals surface area contributed by atoms with Crippen LogP contribution < -0.4 is 10.0 Å². The molecule has 2 rings (SSSR count). The lowest BCUT2D eigenvalue weighted by Crippen LogP contribution is -2.18. The maximum absolute atomic E-state index is 12.0. The number of nitrogens with one attached hydrogen (secondary N) is 2. The van der Waals surface area contributed by atoms with Gasteiger partial charge in [-0.3, -0.25) is 4.79 Å². The van der Waals surface area contributed by atoms with E-state index in [1.54, 1.807) is 30.3 Å². The van der Waals surface area contributed by atoms with Crippen molar-refractivity contribution in [3.05, 3.63) is 58.1 Å². The molecule has 0 radical (unpaired) electrons. The van der Waals surface area contributed by atoms with Crippen molar-refractivity contribution in [2.45, 2.75) is 17.7 Å². The van der Waals surface area contributed by atoms with E-state index in [0.717, 1.165) is 5.56 Å². The Labute approximate surface area is 151 Å². The Morgan fingerprint density at radius 3 is 2.29 bits per heavy atom. The topological polar surface area (TPSA) is 75.3 Å². The fourth-order valence-corrected chi connectivity index (χ4v) is 3.04. The van der Waals surface area contributed by atoms with Crippen LogP contribution in [0.25, 0.3) is 0 Å². The van der Waals surface area contributed by atoms with Gasteiger partial charge in [0.1, 0.15) is 0 Å². The lowest BCUT2D eigenvalue weighted by atomic mass is 10.1. The second-order valence-corrected chi connectivity index (χ2v) is 7.73. The van der Waals surface area contributed by atoms with Crippen molar-refractivity contribution in [2.75, 3.05) is 12.4 Å². The second-order valence-electron chi connectivity index (χ2n) is 5.03. The summed E-state index contributed by atoms with van der Waals surface area (Å²) in [5.41, 5.74) is 1.44. The maximum Gasteiger partial charge on any atom is 0.240 e. The third kappa shape index (κ3) is 4.95. The van der Waals surface area contributed by atoms with Crippen LogP contribution in [0.1, 0.15) is 12.0 Å². The zero-order chi connectivity index (χ0) is 17.7. The number of hydrogen-bond acceptors (Lipinski definition) is 3. The first-order chi connectivity index (χ1) is 11.3. The van der Waals surface area contributed by atoms with Crippen LogP contribution >= 0.6 is 23.2 Å². The van der Waals surface area contributed by atoms with Gasteiger partial charge < -0.3 is 5.32 Å². The van der Waals surface area contributed by atoms with Gasteiger partial charge in [-0.2, -0.15) is 0 Å². The molecular weight excluding hydrogens is 371 g/mol. The van der Waals surface area contributed by atoms with Crippen LogP contribution in [0.3, 0.4) is 0 Å². The molecule has 8 heteroatoms. The molecule has 1 amide bonds. The van der Waals surface area contributed by atoms with Crippen LogP contribution in [-0.2, 0) is 21.2 Å². The van der Waals surface area contributed by atoms with Crippen LogP contribution in [0.15, 0.2) is 47.4 Å². The lowest BCUT2D eigenvalue weighted by molar-refractivity contribution is -0.116. The summed E-state index contributed by atoms with van der Waals surface area (Å²) in [5, 5.41) is 3.53. The van der Waals surface area contributed by atoms with Gasteiger partial charge in [0, 0.05) is 12.1 Å². The van der Waals surface area contributed by atoms with E-state index in [9.17, 15) is 13.2 Å². The van der Waals surface area contributed by atoms with Gasteiger partial charge in [-0.25, -0.2) is 13.1 Å². The van der Waals surface area contributed by atoms with E-state index in [2.05, 4.69) is 10.0 Å². The number of carbonyl (C=O) groups is 1. The van der Waals surface area contributed by atoms with E-state index in [0.29, 0.717) is 22.2 Å². The molecule has 0 aliphatic heterocycles. The number of anilines is 1. The number of carbonyl (C=O) groups excluding carboxylic acids is 1. The lowest BCUT2D eigenvalue weighted by Gasteiger charge is -2.07. The first-order valence-corrected chi connectivity index (χ1v) is 9.33. The fraction of sp³-hybridized carbons (Fsp3) is 0.188. The number of aryl methyl sites for hydroxylation is 1. The van der Waals surface area contributed by atoms with E-state index < -0.39 is 10.0 Å². The van der Waals surface area contributed by atoms with Crippen molar-refractivity contribution >= 4 is 44.8 Å². The molecule has 2 aromatic rings. The maximum atomic E-state index is 12.0. The van der Waals surface area contributed by atoms with Crippen molar-refractivity contribution in [3.8, 4) is 0 Å². The smallest absolute Gasteiger partial charge is 0.240 e. The molecular formula is C16H16Cl2N2O3S. The van der Waals surface area contributed by atoms with Crippen LogP contribution in [0.4, 0.5) is 5.69 Å². The highest BCUT2D eigenvalue weighted by molar-refractivity contribution is 7.89. The van der Waals surface area contributed by atoms with Gasteiger partial charge in [-0.15, -0.1) is 0 Å². The first kappa shape index (κ1) is 18.7. The fourth-order valence-electron chi connectivity index (χ4n) is 2.01. The largest absolute Gasteiger partial charge is 0.326 e. The molecule has 2 aromatic carbocycles. The van der Waals surface area contributed by atoms with Gasteiger partial charge in [0.15, 0.2) is 0 Å². The van der Waals surface area contributed by atoms with E-state index in [-0.39, 0.29) is 17.2 Å². The zero-order valence-electron chi connectivity index (χ0n) is 12.8. The minimum atomic E-state index is -3.45. The van der Waals surface area contributed by atoms with E-state index >= 15 is 0 Å². The van der Waals surface area contributed by atoms with Crippen molar-refractivity contribution in [1.82, 2.24) is 4.72 Å². The molecule has 0 aliphatic carbocycles. The normalized spacial score (nSPS) is 11.3. The summed E-state index contributed by atoms with van der Waals surface area (Å²) in [7, 11) is -2.09. The minimum Gasteiger partial charge on any atom is -0.326 e. The number of benzene rings is 2. The monoisotopic (exact) mass is 386 g/mol. The number of sulfonamides is 1. The van der Waals surface area contributed by atoms with Gasteiger partial charge in [0.05, 0.1) is 14.9 Å². The van der Waals surface area contributed by atoms with Crippen molar-refractivity contribution in [3.63, 3.8) is 0 Å². The predicted octanol–water partition coefficient (Wildman–Crippen LogP) is 3.47. The Kier molecular flexibility index (Phi) is 6.23. The Balaban J connectivity index is 1.93. The highest BCUT2D eigenvalue weighted by atomic mass is 35.5. The average molecular weight is 387 g/mol. The van der Waals surface area contributed by atoms with Crippen molar-refractivity contribution in [1.29, 1.82) is 0 Å². The van der Waals surface area contributed by atoms with Gasteiger partial charge in [0.2, 0.25) is 15.9 Å². The summed E-state index contributed by atoms with van der Waals surface area (Å²) in [6.07, 6.45) is 0.755. The number of halogens is 2. The van der Waals surface area contributed by atoms with Gasteiger partial charge in [0.25, 0.3) is 0 Å². The Hall–Kier alpha value is -1.60. The Morgan fingerprint density at radius 2 is 1.71 bits per heavy atom. The summed E-state index contributed by atoms with van der Waals surface area (Å²) < 4.78 is 25.5. The molecule has 0 saturated heterocycles. The molecule has 0 aromatic heterocycles. The summed E-state index contributed by atoms with van der Waals surface area (Å²) >= 11 is 11.7. The van der Waals surface area contributed by atoms with Gasteiger partial charge >= 0.3 is 0 Å². The molecule has 24 heavy (non-hydrogen) atoms. The first-order valence-electron chi connectivity index (χ1n) is 7.09. The minimum absolute atomic E-state index is 0.166. The molecule has 0 aliphatic rings. The van der Waals surface area contributed by atoms with Crippen LogP contribution in [0, 0.1) is 0 Å². The third-order valence-corrected chi connectivity index (χ3v) is 5.52. The number of rotatable bonds is 6. The molecule has 0 spiro atoms. The molecule has 0 unspecified atom stereocenters. The van der Waals surface area contributed by atoms with Gasteiger partial charge in [-0.1, -0.05) is 35.3 Å². The van der Waals surface area contributed by atoms with E-state index in [1.165, 1.54) is 19.2 Å². The van der Waals surface area contributed by atoms with Crippen LogP contribution in [0.2, 0.25) is 10.0 Å². The van der Waals surface area contributed by atoms with Crippen LogP contribution in [0.5, 0.6) is 0 Å². The zero-order valence-corrected chi connectivity index (χ0v) is 15.2. The summed E-state index contributed by atoms with van der Waals surface area (Å²) in [4.78, 5) is 12.2. The molecule has 2 N–H and O–H groups in total. The standard InChI is InChI=1S/C16H16Cl2N2O3S/c1-19-24(22,23)13-6-2-11(3-7-13)4-9-16(21)20-12-5-8-14(17)15(18)10-12/h2-3,5-8,10,19H,4,9H2,1H3,(H,20,21). The molecule has 0 fully saturated rings. The molecule has 0 saturated carbocycles. The Bertz CT molecular complexity index is 837. The van der Waals surface area contributed by atoms with Crippen LogP contribution in [-0.4, -0.2) is 21.4 Å². The summed E-state index contributed by atoms with van der Waals surface area (Å²) in [5.74, 6) is -0.166. The predicted molar refractivity (Wildman–Crippen MR) is 96.1 cm³/mol. The number of hydrogen-bond donors (Lipinski definition) is 2. The molecule has 5 nitrogen and oxygen atoms in total. The van der Waals surface area contributed by atoms with Gasteiger partial charge in [-0.05, 0) is 49.4 Å². The quantitative estimate of drug-likeness (QED) is 0.797. The second kappa shape index (κ2) is 7.98. The summed E-state index contributed by atoms with van der Waals surface area (Å²) in [6.45, 7) is 0.